The maximum absolute atomic E-state index is 12.6. The largest absolute Gasteiger partial charge is 0.508 e. The fraction of sp³-hybridized carbons (Fsp3) is 0.222. The molecule has 0 saturated carbocycles. The summed E-state index contributed by atoms with van der Waals surface area (Å²) < 4.78 is 11.2. The molecular formula is C27H26O6. The van der Waals surface area contributed by atoms with E-state index in [1.807, 2.05) is 45.9 Å². The average Bonchev–Trinajstić information content (AvgIpc) is 3.00. The summed E-state index contributed by atoms with van der Waals surface area (Å²) in [6.07, 6.45) is 7.79. The lowest BCUT2D eigenvalue weighted by atomic mass is 9.96. The Hall–Kier alpha value is -3.93. The van der Waals surface area contributed by atoms with Crippen LogP contribution in [0.4, 0.5) is 0 Å². The number of benzene rings is 2. The van der Waals surface area contributed by atoms with Gasteiger partial charge in [0.1, 0.15) is 28.4 Å². The second-order valence-electron chi connectivity index (χ2n) is 8.94. The molecule has 0 unspecified atom stereocenters. The fourth-order valence-corrected chi connectivity index (χ4v) is 3.69. The number of carbonyl (C=O) groups excluding carboxylic acids is 1. The Morgan fingerprint density at radius 1 is 1.06 bits per heavy atom. The molecule has 2 aromatic carbocycles. The SMILES string of the molecule is CC(C)=CCc1cc(C=C2OC(=O)C(c3cc4c(cc3O)OC(C)(C)C=C4)=C2O)ccc1O. The zero-order chi connectivity index (χ0) is 23.9. The first-order valence-electron chi connectivity index (χ1n) is 10.6. The van der Waals surface area contributed by atoms with Gasteiger partial charge in [-0.2, -0.15) is 0 Å². The number of allylic oxidation sites excluding steroid dienone is 2. The second-order valence-corrected chi connectivity index (χ2v) is 8.94. The molecule has 0 saturated heterocycles. The van der Waals surface area contributed by atoms with E-state index >= 15 is 0 Å². The van der Waals surface area contributed by atoms with Crippen molar-refractivity contribution in [2.45, 2.75) is 39.7 Å². The number of ether oxygens (including phenoxy) is 2. The lowest BCUT2D eigenvalue weighted by molar-refractivity contribution is -0.131. The predicted octanol–water partition coefficient (Wildman–Crippen LogP) is 5.66. The summed E-state index contributed by atoms with van der Waals surface area (Å²) in [4.78, 5) is 12.6. The van der Waals surface area contributed by atoms with Gasteiger partial charge in [-0.3, -0.25) is 0 Å². The van der Waals surface area contributed by atoms with Crippen LogP contribution in [0.15, 0.2) is 59.6 Å². The van der Waals surface area contributed by atoms with Crippen LogP contribution >= 0.6 is 0 Å². The first-order chi connectivity index (χ1) is 15.5. The number of phenolic OH excluding ortho intramolecular Hbond substituents is 2. The summed E-state index contributed by atoms with van der Waals surface area (Å²) in [6.45, 7) is 7.74. The van der Waals surface area contributed by atoms with Crippen molar-refractivity contribution in [2.24, 2.45) is 0 Å². The molecule has 6 heteroatoms. The molecule has 2 aliphatic rings. The number of cyclic esters (lactones) is 1. The number of aliphatic hydroxyl groups is 1. The minimum atomic E-state index is -0.765. The van der Waals surface area contributed by atoms with Crippen molar-refractivity contribution in [3.63, 3.8) is 0 Å². The van der Waals surface area contributed by atoms with Crippen LogP contribution in [0.3, 0.4) is 0 Å². The highest BCUT2D eigenvalue weighted by Crippen LogP contribution is 2.42. The third-order valence-corrected chi connectivity index (χ3v) is 5.44. The number of esters is 1. The first-order valence-corrected chi connectivity index (χ1v) is 10.6. The summed E-state index contributed by atoms with van der Waals surface area (Å²) in [5, 5.41) is 31.5. The van der Waals surface area contributed by atoms with Gasteiger partial charge in [0.25, 0.3) is 0 Å². The van der Waals surface area contributed by atoms with Gasteiger partial charge in [0.2, 0.25) is 0 Å². The van der Waals surface area contributed by atoms with E-state index < -0.39 is 11.6 Å². The summed E-state index contributed by atoms with van der Waals surface area (Å²) in [5.74, 6) is -0.712. The highest BCUT2D eigenvalue weighted by molar-refractivity contribution is 6.21. The van der Waals surface area contributed by atoms with Gasteiger partial charge in [0.05, 0.1) is 0 Å². The van der Waals surface area contributed by atoms with Crippen molar-refractivity contribution in [1.82, 2.24) is 0 Å². The number of fused-ring (bicyclic) bond motifs is 1. The Balaban J connectivity index is 1.72. The van der Waals surface area contributed by atoms with Crippen LogP contribution in [-0.2, 0) is 16.0 Å². The molecule has 0 bridgehead atoms. The lowest BCUT2D eigenvalue weighted by Gasteiger charge is -2.28. The Morgan fingerprint density at radius 3 is 2.55 bits per heavy atom. The summed E-state index contributed by atoms with van der Waals surface area (Å²) >= 11 is 0. The fourth-order valence-electron chi connectivity index (χ4n) is 3.69. The normalized spacial score (nSPS) is 17.6. The van der Waals surface area contributed by atoms with Crippen LogP contribution in [0.25, 0.3) is 17.7 Å². The standard InChI is InChI=1S/C27H26O6/c1-15(2)5-7-17-11-16(6-8-20(17)28)12-23-25(30)24(26(31)32-23)19-13-18-9-10-27(3,4)33-22(18)14-21(19)29/h5-6,8-14,28-30H,7H2,1-4H3. The molecule has 2 aromatic rings. The number of carbonyl (C=O) groups is 1. The molecular weight excluding hydrogens is 420 g/mol. The Bertz CT molecular complexity index is 1270. The molecule has 3 N–H and O–H groups in total. The molecule has 0 aliphatic carbocycles. The van der Waals surface area contributed by atoms with Crippen LogP contribution in [0.5, 0.6) is 17.2 Å². The van der Waals surface area contributed by atoms with E-state index in [9.17, 15) is 20.1 Å². The molecule has 0 atom stereocenters. The van der Waals surface area contributed by atoms with Crippen LogP contribution < -0.4 is 4.74 Å². The van der Waals surface area contributed by atoms with Gasteiger partial charge in [-0.15, -0.1) is 0 Å². The van der Waals surface area contributed by atoms with Crippen LogP contribution in [0.2, 0.25) is 0 Å². The topological polar surface area (TPSA) is 96.2 Å². The third-order valence-electron chi connectivity index (χ3n) is 5.44. The van der Waals surface area contributed by atoms with Crippen molar-refractivity contribution in [1.29, 1.82) is 0 Å². The van der Waals surface area contributed by atoms with Gasteiger partial charge < -0.3 is 24.8 Å². The third kappa shape index (κ3) is 4.51. The van der Waals surface area contributed by atoms with Crippen molar-refractivity contribution in [2.75, 3.05) is 0 Å². The monoisotopic (exact) mass is 446 g/mol. The zero-order valence-electron chi connectivity index (χ0n) is 19.0. The van der Waals surface area contributed by atoms with Gasteiger partial charge in [0.15, 0.2) is 11.5 Å². The molecule has 0 radical (unpaired) electrons. The van der Waals surface area contributed by atoms with E-state index in [4.69, 9.17) is 9.47 Å². The van der Waals surface area contributed by atoms with Gasteiger partial charge in [-0.25, -0.2) is 4.79 Å². The number of aromatic hydroxyl groups is 2. The minimum Gasteiger partial charge on any atom is -0.508 e. The number of phenols is 2. The van der Waals surface area contributed by atoms with Crippen molar-refractivity contribution < 1.29 is 29.6 Å². The highest BCUT2D eigenvalue weighted by Gasteiger charge is 2.34. The summed E-state index contributed by atoms with van der Waals surface area (Å²) in [7, 11) is 0. The minimum absolute atomic E-state index is 0.0288. The van der Waals surface area contributed by atoms with E-state index in [1.165, 1.54) is 12.1 Å². The van der Waals surface area contributed by atoms with Crippen molar-refractivity contribution in [3.8, 4) is 17.2 Å². The van der Waals surface area contributed by atoms with Crippen LogP contribution in [-0.4, -0.2) is 26.9 Å². The van der Waals surface area contributed by atoms with Crippen molar-refractivity contribution >= 4 is 23.7 Å². The molecule has 4 rings (SSSR count). The number of hydrogen-bond donors (Lipinski definition) is 3. The first kappa shape index (κ1) is 22.3. The molecule has 2 aliphatic heterocycles. The smallest absolute Gasteiger partial charge is 0.348 e. The predicted molar refractivity (Wildman–Crippen MR) is 127 cm³/mol. The van der Waals surface area contributed by atoms with E-state index in [2.05, 4.69) is 0 Å². The van der Waals surface area contributed by atoms with E-state index in [1.54, 1.807) is 24.3 Å². The van der Waals surface area contributed by atoms with Gasteiger partial charge >= 0.3 is 5.97 Å². The molecule has 0 spiro atoms. The average molecular weight is 446 g/mol. The van der Waals surface area contributed by atoms with Gasteiger partial charge in [-0.1, -0.05) is 23.8 Å². The van der Waals surface area contributed by atoms with Gasteiger partial charge in [0, 0.05) is 17.2 Å². The van der Waals surface area contributed by atoms with E-state index in [-0.39, 0.29) is 34.2 Å². The Morgan fingerprint density at radius 2 is 1.82 bits per heavy atom. The van der Waals surface area contributed by atoms with Crippen LogP contribution in [0.1, 0.15) is 49.9 Å². The van der Waals surface area contributed by atoms with Crippen LogP contribution in [0, 0.1) is 0 Å². The molecule has 0 aromatic heterocycles. The molecule has 170 valence electrons. The summed E-state index contributed by atoms with van der Waals surface area (Å²) in [6, 6.07) is 8.00. The quantitative estimate of drug-likeness (QED) is 0.414. The molecule has 0 fully saturated rings. The Labute approximate surface area is 192 Å². The zero-order valence-corrected chi connectivity index (χ0v) is 19.0. The van der Waals surface area contributed by atoms with Crippen molar-refractivity contribution in [3.05, 3.63) is 81.8 Å². The lowest BCUT2D eigenvalue weighted by Crippen LogP contribution is -2.27. The second kappa shape index (κ2) is 8.20. The maximum Gasteiger partial charge on any atom is 0.348 e. The highest BCUT2D eigenvalue weighted by atomic mass is 16.6. The molecule has 6 nitrogen and oxygen atoms in total. The number of aliphatic hydroxyl groups excluding tert-OH is 1. The molecule has 0 amide bonds. The van der Waals surface area contributed by atoms with Gasteiger partial charge in [-0.05, 0) is 75.6 Å². The van der Waals surface area contributed by atoms with E-state index in [0.717, 1.165) is 5.57 Å². The number of rotatable bonds is 4. The number of hydrogen-bond acceptors (Lipinski definition) is 6. The summed E-state index contributed by atoms with van der Waals surface area (Å²) in [5.41, 5.74) is 2.68. The molecule has 2 heterocycles. The maximum atomic E-state index is 12.6. The molecule has 33 heavy (non-hydrogen) atoms. The van der Waals surface area contributed by atoms with E-state index in [0.29, 0.717) is 28.9 Å². The Kier molecular flexibility index (Phi) is 5.54.